The van der Waals surface area contributed by atoms with E-state index in [1.807, 2.05) is 19.9 Å². The van der Waals surface area contributed by atoms with Crippen LogP contribution in [0.2, 0.25) is 0 Å². The zero-order valence-electron chi connectivity index (χ0n) is 16.8. The Bertz CT molecular complexity index is 1210. The van der Waals surface area contributed by atoms with Crippen molar-refractivity contribution in [2.45, 2.75) is 20.5 Å². The van der Waals surface area contributed by atoms with Crippen LogP contribution in [-0.4, -0.2) is 25.1 Å². The highest BCUT2D eigenvalue weighted by Crippen LogP contribution is 2.35. The van der Waals surface area contributed by atoms with Crippen LogP contribution in [-0.2, 0) is 11.3 Å². The molecule has 9 nitrogen and oxygen atoms in total. The van der Waals surface area contributed by atoms with Gasteiger partial charge in [-0.3, -0.25) is 10.1 Å². The number of esters is 1. The summed E-state index contributed by atoms with van der Waals surface area (Å²) in [5.74, 6) is -0.682. The van der Waals surface area contributed by atoms with Crippen molar-refractivity contribution in [1.82, 2.24) is 0 Å². The Morgan fingerprint density at radius 3 is 2.40 bits per heavy atom. The normalized spacial score (nSPS) is 10.7. The second kappa shape index (κ2) is 8.24. The Balaban J connectivity index is 1.98. The smallest absolute Gasteiger partial charge is 0.345 e. The van der Waals surface area contributed by atoms with E-state index in [1.165, 1.54) is 26.4 Å². The summed E-state index contributed by atoms with van der Waals surface area (Å²) in [4.78, 5) is 35.3. The molecule has 0 radical (unpaired) electrons. The van der Waals surface area contributed by atoms with Crippen molar-refractivity contribution < 1.29 is 28.3 Å². The number of aryl methyl sites for hydroxylation is 2. The molecular weight excluding hydrogens is 394 g/mol. The first-order valence-electron chi connectivity index (χ1n) is 8.87. The Labute approximate surface area is 170 Å². The fourth-order valence-corrected chi connectivity index (χ4v) is 3.05. The number of carbonyl (C=O) groups is 1. The van der Waals surface area contributed by atoms with Crippen molar-refractivity contribution in [2.75, 3.05) is 14.2 Å². The molecule has 0 unspecified atom stereocenters. The zero-order valence-corrected chi connectivity index (χ0v) is 16.8. The Kier molecular flexibility index (Phi) is 5.72. The highest BCUT2D eigenvalue weighted by atomic mass is 16.6. The van der Waals surface area contributed by atoms with Crippen molar-refractivity contribution in [1.29, 1.82) is 0 Å². The average Bonchev–Trinajstić information content (AvgIpc) is 2.73. The van der Waals surface area contributed by atoms with E-state index in [-0.39, 0.29) is 23.7 Å². The molecule has 3 aromatic rings. The van der Waals surface area contributed by atoms with Gasteiger partial charge in [0.25, 0.3) is 5.69 Å². The molecule has 0 aliphatic heterocycles. The monoisotopic (exact) mass is 413 g/mol. The third kappa shape index (κ3) is 3.82. The van der Waals surface area contributed by atoms with Gasteiger partial charge in [0, 0.05) is 23.1 Å². The van der Waals surface area contributed by atoms with Gasteiger partial charge in [0.15, 0.2) is 11.5 Å². The Morgan fingerprint density at radius 1 is 1.10 bits per heavy atom. The van der Waals surface area contributed by atoms with Crippen molar-refractivity contribution in [3.8, 4) is 11.5 Å². The van der Waals surface area contributed by atoms with E-state index in [0.717, 1.165) is 17.2 Å². The lowest BCUT2D eigenvalue weighted by Crippen LogP contribution is -2.11. The summed E-state index contributed by atoms with van der Waals surface area (Å²) >= 11 is 0. The molecule has 30 heavy (non-hydrogen) atoms. The van der Waals surface area contributed by atoms with Gasteiger partial charge in [0.05, 0.1) is 25.2 Å². The first kappa shape index (κ1) is 20.8. The standard InChI is InChI=1S/C21H19NO8/c1-11-5-6-14-13(7-19(23)30-20(14)12(11)2)10-29-21(24)15-8-17(27-3)18(28-4)9-16(15)22(25)26/h5-9H,10H2,1-4H3. The molecule has 0 amide bonds. The van der Waals surface area contributed by atoms with E-state index in [9.17, 15) is 19.7 Å². The molecule has 0 aliphatic carbocycles. The number of carbonyl (C=O) groups excluding carboxylic acids is 1. The molecule has 3 rings (SSSR count). The molecule has 1 heterocycles. The largest absolute Gasteiger partial charge is 0.493 e. The SMILES string of the molecule is COc1cc(C(=O)OCc2cc(=O)oc3c(C)c(C)ccc23)c([N+](=O)[O-])cc1OC. The van der Waals surface area contributed by atoms with Gasteiger partial charge in [-0.15, -0.1) is 0 Å². The van der Waals surface area contributed by atoms with Gasteiger partial charge < -0.3 is 18.6 Å². The van der Waals surface area contributed by atoms with Crippen LogP contribution in [0.3, 0.4) is 0 Å². The maximum absolute atomic E-state index is 12.6. The number of nitro groups is 1. The van der Waals surface area contributed by atoms with Gasteiger partial charge in [-0.25, -0.2) is 9.59 Å². The minimum Gasteiger partial charge on any atom is -0.493 e. The highest BCUT2D eigenvalue weighted by molar-refractivity contribution is 5.95. The number of ether oxygens (including phenoxy) is 3. The number of hydrogen-bond donors (Lipinski definition) is 0. The molecule has 0 N–H and O–H groups in total. The summed E-state index contributed by atoms with van der Waals surface area (Å²) < 4.78 is 20.7. The lowest BCUT2D eigenvalue weighted by atomic mass is 10.0. The number of fused-ring (bicyclic) bond motifs is 1. The van der Waals surface area contributed by atoms with E-state index in [0.29, 0.717) is 16.5 Å². The highest BCUT2D eigenvalue weighted by Gasteiger charge is 2.26. The first-order valence-corrected chi connectivity index (χ1v) is 8.87. The molecular formula is C21H19NO8. The van der Waals surface area contributed by atoms with Crippen molar-refractivity contribution >= 4 is 22.6 Å². The molecule has 0 saturated heterocycles. The summed E-state index contributed by atoms with van der Waals surface area (Å²) in [5, 5.41) is 12.0. The lowest BCUT2D eigenvalue weighted by Gasteiger charge is -2.12. The molecule has 0 spiro atoms. The fraction of sp³-hybridized carbons (Fsp3) is 0.238. The van der Waals surface area contributed by atoms with Gasteiger partial charge >= 0.3 is 11.6 Å². The number of methoxy groups -OCH3 is 2. The summed E-state index contributed by atoms with van der Waals surface area (Å²) in [5.41, 5.74) is 1.22. The molecule has 0 aliphatic rings. The second-order valence-electron chi connectivity index (χ2n) is 6.53. The summed E-state index contributed by atoms with van der Waals surface area (Å²) in [6.45, 7) is 3.44. The lowest BCUT2D eigenvalue weighted by molar-refractivity contribution is -0.385. The van der Waals surface area contributed by atoms with E-state index in [4.69, 9.17) is 18.6 Å². The summed E-state index contributed by atoms with van der Waals surface area (Å²) in [6.07, 6.45) is 0. The van der Waals surface area contributed by atoms with Gasteiger partial charge in [0.1, 0.15) is 17.8 Å². The van der Waals surface area contributed by atoms with Crippen molar-refractivity contribution in [3.63, 3.8) is 0 Å². The fourth-order valence-electron chi connectivity index (χ4n) is 3.05. The van der Waals surface area contributed by atoms with E-state index in [1.54, 1.807) is 6.07 Å². The van der Waals surface area contributed by atoms with Crippen LogP contribution in [0.1, 0.15) is 27.0 Å². The van der Waals surface area contributed by atoms with Gasteiger partial charge in [-0.2, -0.15) is 0 Å². The average molecular weight is 413 g/mol. The van der Waals surface area contributed by atoms with Gasteiger partial charge in [-0.1, -0.05) is 12.1 Å². The number of nitro benzene ring substituents is 1. The number of benzene rings is 2. The van der Waals surface area contributed by atoms with Gasteiger partial charge in [0.2, 0.25) is 0 Å². The minimum absolute atomic E-state index is 0.109. The van der Waals surface area contributed by atoms with E-state index >= 15 is 0 Å². The minimum atomic E-state index is -0.937. The summed E-state index contributed by atoms with van der Waals surface area (Å²) in [6, 6.07) is 7.14. The Hall–Kier alpha value is -3.88. The molecule has 0 bridgehead atoms. The summed E-state index contributed by atoms with van der Waals surface area (Å²) in [7, 11) is 2.67. The molecule has 156 valence electrons. The first-order chi connectivity index (χ1) is 14.3. The Morgan fingerprint density at radius 2 is 1.77 bits per heavy atom. The van der Waals surface area contributed by atoms with Crippen molar-refractivity contribution in [2.24, 2.45) is 0 Å². The van der Waals surface area contributed by atoms with Crippen LogP contribution in [0.5, 0.6) is 11.5 Å². The quantitative estimate of drug-likeness (QED) is 0.260. The topological polar surface area (TPSA) is 118 Å². The predicted molar refractivity (Wildman–Crippen MR) is 107 cm³/mol. The number of rotatable bonds is 6. The predicted octanol–water partition coefficient (Wildman–Crippen LogP) is 3.69. The van der Waals surface area contributed by atoms with Crippen LogP contribution < -0.4 is 15.1 Å². The molecule has 1 aromatic heterocycles. The molecule has 2 aromatic carbocycles. The van der Waals surface area contributed by atoms with Crippen LogP contribution in [0.15, 0.2) is 39.5 Å². The zero-order chi connectivity index (χ0) is 22.0. The van der Waals surface area contributed by atoms with Crippen molar-refractivity contribution in [3.05, 3.63) is 73.1 Å². The maximum Gasteiger partial charge on any atom is 0.345 e. The van der Waals surface area contributed by atoms with Crippen LogP contribution >= 0.6 is 0 Å². The van der Waals surface area contributed by atoms with Gasteiger partial charge in [-0.05, 0) is 25.0 Å². The maximum atomic E-state index is 12.6. The number of hydrogen-bond acceptors (Lipinski definition) is 8. The third-order valence-corrected chi connectivity index (χ3v) is 4.79. The van der Waals surface area contributed by atoms with E-state index < -0.39 is 22.2 Å². The van der Waals surface area contributed by atoms with E-state index in [2.05, 4.69) is 0 Å². The second-order valence-corrected chi connectivity index (χ2v) is 6.53. The molecule has 0 atom stereocenters. The molecule has 0 saturated carbocycles. The molecule has 9 heteroatoms. The van der Waals surface area contributed by atoms with Crippen LogP contribution in [0, 0.1) is 24.0 Å². The third-order valence-electron chi connectivity index (χ3n) is 4.79. The number of nitrogens with zero attached hydrogens (tertiary/aromatic N) is 1. The van der Waals surface area contributed by atoms with Crippen LogP contribution in [0.25, 0.3) is 11.0 Å². The molecule has 0 fully saturated rings. The van der Waals surface area contributed by atoms with Crippen LogP contribution in [0.4, 0.5) is 5.69 Å².